The second-order valence-corrected chi connectivity index (χ2v) is 4.52. The van der Waals surface area contributed by atoms with Gasteiger partial charge in [-0.2, -0.15) is 0 Å². The van der Waals surface area contributed by atoms with E-state index in [2.05, 4.69) is 17.9 Å². The zero-order valence-corrected chi connectivity index (χ0v) is 10.1. The molecule has 2 rings (SSSR count). The van der Waals surface area contributed by atoms with Crippen molar-refractivity contribution in [2.75, 3.05) is 13.7 Å². The van der Waals surface area contributed by atoms with Crippen LogP contribution in [0.1, 0.15) is 23.2 Å². The predicted molar refractivity (Wildman–Crippen MR) is 65.3 cm³/mol. The lowest BCUT2D eigenvalue weighted by molar-refractivity contribution is 0.0949. The molecule has 4 heteroatoms. The Labute approximate surface area is 101 Å². The molecule has 0 spiro atoms. The quantitative estimate of drug-likeness (QED) is 0.787. The summed E-state index contributed by atoms with van der Waals surface area (Å²) in [5.74, 6) is 1.34. The molecule has 0 saturated heterocycles. The molecule has 1 aliphatic rings. The average Bonchev–Trinajstić information content (AvgIpc) is 3.09. The van der Waals surface area contributed by atoms with Gasteiger partial charge in [-0.15, -0.1) is 12.6 Å². The first-order chi connectivity index (χ1) is 7.70. The van der Waals surface area contributed by atoms with Gasteiger partial charge in [-0.25, -0.2) is 0 Å². The summed E-state index contributed by atoms with van der Waals surface area (Å²) in [4.78, 5) is 12.4. The molecular weight excluding hydrogens is 222 g/mol. The van der Waals surface area contributed by atoms with Crippen LogP contribution in [0.2, 0.25) is 0 Å². The van der Waals surface area contributed by atoms with Crippen molar-refractivity contribution < 1.29 is 9.53 Å². The number of amides is 1. The van der Waals surface area contributed by atoms with Crippen molar-refractivity contribution in [2.45, 2.75) is 17.7 Å². The molecule has 3 nitrogen and oxygen atoms in total. The number of hydrogen-bond donors (Lipinski definition) is 2. The van der Waals surface area contributed by atoms with Gasteiger partial charge in [-0.1, -0.05) is 0 Å². The summed E-state index contributed by atoms with van der Waals surface area (Å²) in [5.41, 5.74) is 0.602. The van der Waals surface area contributed by atoms with Crippen molar-refractivity contribution in [1.82, 2.24) is 5.32 Å². The number of hydrogen-bond acceptors (Lipinski definition) is 3. The van der Waals surface area contributed by atoms with E-state index in [1.165, 1.54) is 12.8 Å². The highest BCUT2D eigenvalue weighted by molar-refractivity contribution is 7.80. The first-order valence-corrected chi connectivity index (χ1v) is 5.80. The molecule has 1 fully saturated rings. The van der Waals surface area contributed by atoms with Gasteiger partial charge in [0, 0.05) is 11.4 Å². The van der Waals surface area contributed by atoms with Gasteiger partial charge in [-0.05, 0) is 37.0 Å². The zero-order chi connectivity index (χ0) is 11.5. The fourth-order valence-corrected chi connectivity index (χ4v) is 1.79. The van der Waals surface area contributed by atoms with Crippen LogP contribution >= 0.6 is 12.6 Å². The first-order valence-electron chi connectivity index (χ1n) is 5.36. The highest BCUT2D eigenvalue weighted by atomic mass is 32.1. The lowest BCUT2D eigenvalue weighted by atomic mass is 10.2. The Kier molecular flexibility index (Phi) is 3.39. The Bertz CT molecular complexity index is 402. The van der Waals surface area contributed by atoms with Crippen molar-refractivity contribution in [1.29, 1.82) is 0 Å². The van der Waals surface area contributed by atoms with Gasteiger partial charge in [0.2, 0.25) is 0 Å². The van der Waals surface area contributed by atoms with Crippen LogP contribution in [0.25, 0.3) is 0 Å². The molecule has 1 saturated carbocycles. The van der Waals surface area contributed by atoms with Crippen LogP contribution < -0.4 is 10.1 Å². The van der Waals surface area contributed by atoms with E-state index >= 15 is 0 Å². The number of thiol groups is 1. The van der Waals surface area contributed by atoms with Gasteiger partial charge < -0.3 is 10.1 Å². The topological polar surface area (TPSA) is 38.3 Å². The summed E-state index contributed by atoms with van der Waals surface area (Å²) < 4.78 is 5.06. The summed E-state index contributed by atoms with van der Waals surface area (Å²) in [6, 6.07) is 5.25. The van der Waals surface area contributed by atoms with E-state index in [1.54, 1.807) is 25.3 Å². The number of ether oxygens (including phenoxy) is 1. The minimum absolute atomic E-state index is 0.0560. The Morgan fingerprint density at radius 1 is 1.56 bits per heavy atom. The first kappa shape index (κ1) is 11.3. The standard InChI is InChI=1S/C12H15NO2S/c1-15-9-4-5-10(11(16)6-9)12(14)13-7-8-2-3-8/h4-6,8,16H,2-3,7H2,1H3,(H,13,14). The number of carbonyl (C=O) groups is 1. The van der Waals surface area contributed by atoms with Gasteiger partial charge in [0.05, 0.1) is 12.7 Å². The van der Waals surface area contributed by atoms with Crippen molar-refractivity contribution >= 4 is 18.5 Å². The molecule has 0 aliphatic heterocycles. The van der Waals surface area contributed by atoms with E-state index in [1.807, 2.05) is 0 Å². The largest absolute Gasteiger partial charge is 0.497 e. The summed E-state index contributed by atoms with van der Waals surface area (Å²) >= 11 is 4.28. The molecular formula is C12H15NO2S. The Morgan fingerprint density at radius 2 is 2.31 bits per heavy atom. The molecule has 1 aromatic carbocycles. The normalized spacial score (nSPS) is 14.6. The molecule has 0 unspecified atom stereocenters. The van der Waals surface area contributed by atoms with Crippen LogP contribution in [-0.2, 0) is 0 Å². The van der Waals surface area contributed by atoms with Gasteiger partial charge in [0.1, 0.15) is 5.75 Å². The van der Waals surface area contributed by atoms with Crippen molar-refractivity contribution in [2.24, 2.45) is 5.92 Å². The maximum atomic E-state index is 11.8. The minimum Gasteiger partial charge on any atom is -0.497 e. The third kappa shape index (κ3) is 2.70. The fraction of sp³-hybridized carbons (Fsp3) is 0.417. The molecule has 0 heterocycles. The number of nitrogens with one attached hydrogen (secondary N) is 1. The predicted octanol–water partition coefficient (Wildman–Crippen LogP) is 2.12. The Hall–Kier alpha value is -1.16. The minimum atomic E-state index is -0.0560. The molecule has 86 valence electrons. The van der Waals surface area contributed by atoms with Crippen LogP contribution in [0.3, 0.4) is 0 Å². The molecule has 16 heavy (non-hydrogen) atoms. The zero-order valence-electron chi connectivity index (χ0n) is 9.19. The van der Waals surface area contributed by atoms with Crippen molar-refractivity contribution in [3.63, 3.8) is 0 Å². The molecule has 0 aromatic heterocycles. The van der Waals surface area contributed by atoms with Gasteiger partial charge in [-0.3, -0.25) is 4.79 Å². The van der Waals surface area contributed by atoms with Crippen molar-refractivity contribution in [3.05, 3.63) is 23.8 Å². The highest BCUT2D eigenvalue weighted by Crippen LogP contribution is 2.28. The summed E-state index contributed by atoms with van der Waals surface area (Å²) in [6.07, 6.45) is 2.47. The molecule has 1 amide bonds. The Balaban J connectivity index is 2.03. The highest BCUT2D eigenvalue weighted by Gasteiger charge is 2.22. The smallest absolute Gasteiger partial charge is 0.252 e. The lowest BCUT2D eigenvalue weighted by Crippen LogP contribution is -2.25. The monoisotopic (exact) mass is 237 g/mol. The van der Waals surface area contributed by atoms with E-state index < -0.39 is 0 Å². The van der Waals surface area contributed by atoms with Crippen molar-refractivity contribution in [3.8, 4) is 5.75 Å². The molecule has 1 aliphatic carbocycles. The summed E-state index contributed by atoms with van der Waals surface area (Å²) in [5, 5.41) is 2.91. The lowest BCUT2D eigenvalue weighted by Gasteiger charge is -2.08. The van der Waals surface area contributed by atoms with E-state index in [9.17, 15) is 4.79 Å². The van der Waals surface area contributed by atoms with Gasteiger partial charge >= 0.3 is 0 Å². The second kappa shape index (κ2) is 4.78. The number of methoxy groups -OCH3 is 1. The average molecular weight is 237 g/mol. The molecule has 0 atom stereocenters. The second-order valence-electron chi connectivity index (χ2n) is 4.04. The van der Waals surface area contributed by atoms with E-state index in [0.717, 1.165) is 6.54 Å². The molecule has 1 aromatic rings. The van der Waals surface area contributed by atoms with Gasteiger partial charge in [0.25, 0.3) is 5.91 Å². The maximum Gasteiger partial charge on any atom is 0.252 e. The Morgan fingerprint density at radius 3 is 2.88 bits per heavy atom. The maximum absolute atomic E-state index is 11.8. The van der Waals surface area contributed by atoms with E-state index in [4.69, 9.17) is 4.74 Å². The summed E-state index contributed by atoms with van der Waals surface area (Å²) in [6.45, 7) is 0.776. The van der Waals surface area contributed by atoms with Crippen LogP contribution in [0, 0.1) is 5.92 Å². The molecule has 0 radical (unpaired) electrons. The van der Waals surface area contributed by atoms with Crippen LogP contribution in [-0.4, -0.2) is 19.6 Å². The van der Waals surface area contributed by atoms with E-state index in [-0.39, 0.29) is 5.91 Å². The van der Waals surface area contributed by atoms with E-state index in [0.29, 0.717) is 22.1 Å². The SMILES string of the molecule is COc1ccc(C(=O)NCC2CC2)c(S)c1. The number of rotatable bonds is 4. The third-order valence-corrected chi connectivity index (χ3v) is 3.07. The number of carbonyl (C=O) groups excluding carboxylic acids is 1. The third-order valence-electron chi connectivity index (χ3n) is 2.70. The van der Waals surface area contributed by atoms with Crippen LogP contribution in [0.4, 0.5) is 0 Å². The summed E-state index contributed by atoms with van der Waals surface area (Å²) in [7, 11) is 1.59. The fourth-order valence-electron chi connectivity index (χ4n) is 1.48. The van der Waals surface area contributed by atoms with Gasteiger partial charge in [0.15, 0.2) is 0 Å². The number of benzene rings is 1. The van der Waals surface area contributed by atoms with Crippen LogP contribution in [0.5, 0.6) is 5.75 Å². The van der Waals surface area contributed by atoms with Crippen LogP contribution in [0.15, 0.2) is 23.1 Å². The molecule has 0 bridgehead atoms. The molecule has 1 N–H and O–H groups in total.